The van der Waals surface area contributed by atoms with Gasteiger partial charge in [-0.1, -0.05) is 5.16 Å². The molecule has 0 saturated carbocycles. The highest BCUT2D eigenvalue weighted by Crippen LogP contribution is 2.17. The Hall–Kier alpha value is -1.84. The van der Waals surface area contributed by atoms with E-state index in [-0.39, 0.29) is 0 Å². The number of hydrogen-bond donors (Lipinski definition) is 1. The number of nitrogens with zero attached hydrogens (tertiary/aromatic N) is 1. The number of aromatic nitrogens is 1. The van der Waals surface area contributed by atoms with Gasteiger partial charge in [0.05, 0.1) is 6.20 Å². The highest BCUT2D eigenvalue weighted by molar-refractivity contribution is 5.83. The summed E-state index contributed by atoms with van der Waals surface area (Å²) in [5.41, 5.74) is 1.30. The number of carbonyl (C=O) groups excluding carboxylic acids is 1. The second kappa shape index (κ2) is 2.65. The molecular weight excluding hydrogens is 156 g/mol. The molecule has 59 valence electrons. The minimum absolute atomic E-state index is 0.647. The molecule has 1 heterocycles. The maximum Gasteiger partial charge on any atom is 0.314 e. The Labute approximate surface area is 68.2 Å². The molecule has 0 atom stereocenters. The molecule has 1 amide bonds. The fourth-order valence-corrected chi connectivity index (χ4v) is 0.997. The molecule has 4 nitrogen and oxygen atoms in total. The van der Waals surface area contributed by atoms with Gasteiger partial charge in [0.2, 0.25) is 0 Å². The molecule has 0 fully saturated rings. The first-order chi connectivity index (χ1) is 5.90. The van der Waals surface area contributed by atoms with Crippen LogP contribution >= 0.6 is 0 Å². The molecule has 1 aromatic heterocycles. The van der Waals surface area contributed by atoms with Crippen LogP contribution in [0.15, 0.2) is 28.9 Å². The Morgan fingerprint density at radius 1 is 1.50 bits per heavy atom. The largest absolute Gasteiger partial charge is 0.356 e. The van der Waals surface area contributed by atoms with Gasteiger partial charge in [0, 0.05) is 17.1 Å². The van der Waals surface area contributed by atoms with Gasteiger partial charge in [-0.05, 0) is 12.1 Å². The van der Waals surface area contributed by atoms with E-state index in [0.717, 1.165) is 5.39 Å². The molecule has 2 aromatic rings. The second-order valence-electron chi connectivity index (χ2n) is 2.31. The molecular formula is C8H5N2O2. The molecule has 2 rings (SSSR count). The number of amides is 1. The lowest BCUT2D eigenvalue weighted by molar-refractivity contribution is 0.456. The first kappa shape index (κ1) is 6.84. The summed E-state index contributed by atoms with van der Waals surface area (Å²) in [4.78, 5) is 9.97. The second-order valence-corrected chi connectivity index (χ2v) is 2.31. The zero-order valence-corrected chi connectivity index (χ0v) is 6.07. The molecule has 0 spiro atoms. The van der Waals surface area contributed by atoms with Crippen LogP contribution in [0.3, 0.4) is 0 Å². The summed E-state index contributed by atoms with van der Waals surface area (Å²) in [5.74, 6) is 0. The summed E-state index contributed by atoms with van der Waals surface area (Å²) in [6.07, 6.45) is 3.19. The van der Waals surface area contributed by atoms with Gasteiger partial charge < -0.3 is 9.84 Å². The molecule has 0 saturated heterocycles. The van der Waals surface area contributed by atoms with Crippen LogP contribution in [-0.4, -0.2) is 11.6 Å². The first-order valence-electron chi connectivity index (χ1n) is 3.38. The summed E-state index contributed by atoms with van der Waals surface area (Å²) in [7, 11) is 0. The topological polar surface area (TPSA) is 55.1 Å². The molecule has 1 radical (unpaired) electrons. The van der Waals surface area contributed by atoms with Crippen LogP contribution in [0.4, 0.5) is 5.69 Å². The van der Waals surface area contributed by atoms with E-state index in [1.165, 1.54) is 0 Å². The van der Waals surface area contributed by atoms with Gasteiger partial charge in [-0.15, -0.1) is 0 Å². The average molecular weight is 161 g/mol. The van der Waals surface area contributed by atoms with Crippen molar-refractivity contribution in [3.63, 3.8) is 0 Å². The zero-order valence-electron chi connectivity index (χ0n) is 6.07. The van der Waals surface area contributed by atoms with E-state index in [9.17, 15) is 4.79 Å². The van der Waals surface area contributed by atoms with Crippen LogP contribution in [0.5, 0.6) is 0 Å². The van der Waals surface area contributed by atoms with E-state index in [0.29, 0.717) is 11.3 Å². The molecule has 1 N–H and O–H groups in total. The van der Waals surface area contributed by atoms with Crippen molar-refractivity contribution >= 4 is 23.1 Å². The minimum atomic E-state index is 0.647. The predicted molar refractivity (Wildman–Crippen MR) is 43.3 cm³/mol. The van der Waals surface area contributed by atoms with Crippen LogP contribution in [0.1, 0.15) is 0 Å². The molecule has 0 aliphatic carbocycles. The average Bonchev–Trinajstić information content (AvgIpc) is 2.51. The Balaban J connectivity index is 2.52. The highest BCUT2D eigenvalue weighted by atomic mass is 16.5. The van der Waals surface area contributed by atoms with Crippen molar-refractivity contribution in [3.05, 3.63) is 24.4 Å². The van der Waals surface area contributed by atoms with Crippen molar-refractivity contribution in [2.45, 2.75) is 0 Å². The summed E-state index contributed by atoms with van der Waals surface area (Å²) in [5, 5.41) is 6.91. The van der Waals surface area contributed by atoms with E-state index in [1.807, 2.05) is 6.07 Å². The van der Waals surface area contributed by atoms with Crippen molar-refractivity contribution in [2.24, 2.45) is 0 Å². The smallest absolute Gasteiger partial charge is 0.314 e. The lowest BCUT2D eigenvalue weighted by Crippen LogP contribution is -1.91. The fraction of sp³-hybridized carbons (Fsp3) is 0. The number of benzene rings is 1. The Morgan fingerprint density at radius 2 is 2.42 bits per heavy atom. The van der Waals surface area contributed by atoms with Crippen LogP contribution in [0.25, 0.3) is 11.0 Å². The number of nitrogens with one attached hydrogen (secondary N) is 1. The van der Waals surface area contributed by atoms with Crippen LogP contribution in [0, 0.1) is 0 Å². The molecule has 0 unspecified atom stereocenters. The van der Waals surface area contributed by atoms with Crippen molar-refractivity contribution in [3.8, 4) is 0 Å². The third kappa shape index (κ3) is 1.03. The van der Waals surface area contributed by atoms with E-state index >= 15 is 0 Å². The molecule has 0 bridgehead atoms. The monoisotopic (exact) mass is 161 g/mol. The summed E-state index contributed by atoms with van der Waals surface area (Å²) in [6, 6.07) is 5.25. The fourth-order valence-electron chi connectivity index (χ4n) is 0.997. The minimum Gasteiger partial charge on any atom is -0.356 e. The van der Waals surface area contributed by atoms with Gasteiger partial charge >= 0.3 is 6.41 Å². The van der Waals surface area contributed by atoms with Crippen molar-refractivity contribution in [1.29, 1.82) is 0 Å². The molecule has 4 heteroatoms. The van der Waals surface area contributed by atoms with Gasteiger partial charge in [-0.25, -0.2) is 0 Å². The summed E-state index contributed by atoms with van der Waals surface area (Å²) in [6.45, 7) is 0. The highest BCUT2D eigenvalue weighted by Gasteiger charge is 1.98. The maximum atomic E-state index is 9.97. The van der Waals surface area contributed by atoms with Crippen molar-refractivity contribution in [1.82, 2.24) is 5.16 Å². The van der Waals surface area contributed by atoms with Crippen LogP contribution < -0.4 is 5.32 Å². The molecule has 1 aromatic carbocycles. The Kier molecular flexibility index (Phi) is 1.51. The third-order valence-corrected chi connectivity index (χ3v) is 1.55. The van der Waals surface area contributed by atoms with Crippen molar-refractivity contribution in [2.75, 3.05) is 5.32 Å². The van der Waals surface area contributed by atoms with Gasteiger partial charge in [0.1, 0.15) is 0 Å². The SMILES string of the molecule is O=[C]Nc1ccc2cnoc2c1. The zero-order chi connectivity index (χ0) is 8.39. The number of anilines is 1. The maximum absolute atomic E-state index is 9.97. The van der Waals surface area contributed by atoms with Gasteiger partial charge in [0.15, 0.2) is 5.58 Å². The standard InChI is InChI=1S/C8H5N2O2/c11-5-9-7-2-1-6-4-10-12-8(6)3-7/h1-4H,(H,9,11). The van der Waals surface area contributed by atoms with E-state index in [2.05, 4.69) is 10.5 Å². The summed E-state index contributed by atoms with van der Waals surface area (Å²) < 4.78 is 4.89. The van der Waals surface area contributed by atoms with Crippen LogP contribution in [-0.2, 0) is 4.79 Å². The van der Waals surface area contributed by atoms with Crippen molar-refractivity contribution < 1.29 is 9.32 Å². The van der Waals surface area contributed by atoms with E-state index < -0.39 is 0 Å². The van der Waals surface area contributed by atoms with Crippen LogP contribution in [0.2, 0.25) is 0 Å². The summed E-state index contributed by atoms with van der Waals surface area (Å²) >= 11 is 0. The Morgan fingerprint density at radius 3 is 3.25 bits per heavy atom. The number of rotatable bonds is 2. The quantitative estimate of drug-likeness (QED) is 0.675. The number of fused-ring (bicyclic) bond motifs is 1. The van der Waals surface area contributed by atoms with Gasteiger partial charge in [0.25, 0.3) is 0 Å². The third-order valence-electron chi connectivity index (χ3n) is 1.55. The molecule has 0 aliphatic heterocycles. The predicted octanol–water partition coefficient (Wildman–Crippen LogP) is 1.31. The lowest BCUT2D eigenvalue weighted by Gasteiger charge is -1.94. The molecule has 12 heavy (non-hydrogen) atoms. The normalized spacial score (nSPS) is 10.0. The van der Waals surface area contributed by atoms with Gasteiger partial charge in [-0.2, -0.15) is 0 Å². The van der Waals surface area contributed by atoms with E-state index in [1.54, 1.807) is 24.7 Å². The molecule has 0 aliphatic rings. The number of hydrogen-bond acceptors (Lipinski definition) is 3. The lowest BCUT2D eigenvalue weighted by atomic mass is 10.2. The Bertz CT molecular complexity index is 408. The van der Waals surface area contributed by atoms with E-state index in [4.69, 9.17) is 4.52 Å². The first-order valence-corrected chi connectivity index (χ1v) is 3.38. The van der Waals surface area contributed by atoms with Gasteiger partial charge in [-0.3, -0.25) is 4.79 Å².